The molecule has 0 radical (unpaired) electrons. The molecule has 0 unspecified atom stereocenters. The number of carbonyl (C=O) groups is 1. The maximum atomic E-state index is 12.5. The van der Waals surface area contributed by atoms with Crippen LogP contribution < -0.4 is 0 Å². The van der Waals surface area contributed by atoms with Crippen molar-refractivity contribution in [3.63, 3.8) is 0 Å². The van der Waals surface area contributed by atoms with Crippen LogP contribution in [0, 0.1) is 10.1 Å². The second kappa shape index (κ2) is 7.49. The van der Waals surface area contributed by atoms with E-state index < -0.39 is 4.92 Å². The maximum Gasteiger partial charge on any atom is 0.269 e. The first kappa shape index (κ1) is 16.6. The lowest BCUT2D eigenvalue weighted by Gasteiger charge is -2.16. The fourth-order valence-corrected chi connectivity index (χ4v) is 2.35. The van der Waals surface area contributed by atoms with Crippen molar-refractivity contribution in [2.24, 2.45) is 5.10 Å². The molecule has 0 bridgehead atoms. The molecule has 1 aliphatic carbocycles. The Hall–Kier alpha value is -2.76. The number of hydrogen-bond acceptors (Lipinski definition) is 5. The molecule has 1 aromatic rings. The number of nitro groups is 1. The summed E-state index contributed by atoms with van der Waals surface area (Å²) in [5.41, 5.74) is 2.31. The zero-order valence-corrected chi connectivity index (χ0v) is 13.2. The minimum atomic E-state index is -0.437. The highest BCUT2D eigenvalue weighted by molar-refractivity contribution is 6.13. The number of Topliss-reactive ketones (excluding diaryl/α,β-unsaturated/α-hetero) is 1. The monoisotopic (exact) mass is 313 g/mol. The summed E-state index contributed by atoms with van der Waals surface area (Å²) < 4.78 is 0. The molecule has 2 rings (SSSR count). The third-order valence-corrected chi connectivity index (χ3v) is 3.49. The quantitative estimate of drug-likeness (QED) is 0.370. The molecular weight excluding hydrogens is 294 g/mol. The van der Waals surface area contributed by atoms with Gasteiger partial charge in [0.25, 0.3) is 5.69 Å². The molecule has 120 valence electrons. The van der Waals surface area contributed by atoms with Crippen LogP contribution in [0.1, 0.15) is 24.8 Å². The van der Waals surface area contributed by atoms with Crippen molar-refractivity contribution in [3.8, 4) is 0 Å². The predicted molar refractivity (Wildman–Crippen MR) is 90.2 cm³/mol. The molecule has 0 N–H and O–H groups in total. The third kappa shape index (κ3) is 4.60. The van der Waals surface area contributed by atoms with Gasteiger partial charge < -0.3 is 5.01 Å². The molecule has 1 aliphatic rings. The Morgan fingerprint density at radius 2 is 1.83 bits per heavy atom. The lowest BCUT2D eigenvalue weighted by Crippen LogP contribution is -2.12. The van der Waals surface area contributed by atoms with E-state index in [9.17, 15) is 14.9 Å². The van der Waals surface area contributed by atoms with E-state index in [4.69, 9.17) is 0 Å². The van der Waals surface area contributed by atoms with E-state index >= 15 is 0 Å². The van der Waals surface area contributed by atoms with Crippen molar-refractivity contribution in [2.45, 2.75) is 19.3 Å². The van der Waals surface area contributed by atoms with Gasteiger partial charge in [-0.05, 0) is 49.1 Å². The Morgan fingerprint density at radius 1 is 1.17 bits per heavy atom. The van der Waals surface area contributed by atoms with Gasteiger partial charge in [-0.25, -0.2) is 0 Å². The zero-order chi connectivity index (χ0) is 16.8. The van der Waals surface area contributed by atoms with Gasteiger partial charge in [-0.3, -0.25) is 14.9 Å². The number of hydrogen-bond donors (Lipinski definition) is 0. The number of ketones is 1. The van der Waals surface area contributed by atoms with Gasteiger partial charge in [0.2, 0.25) is 0 Å². The summed E-state index contributed by atoms with van der Waals surface area (Å²) in [5, 5.41) is 16.4. The first-order valence-corrected chi connectivity index (χ1v) is 7.37. The molecule has 1 fully saturated rings. The van der Waals surface area contributed by atoms with Gasteiger partial charge in [0, 0.05) is 43.6 Å². The van der Waals surface area contributed by atoms with Crippen molar-refractivity contribution < 1.29 is 9.72 Å². The molecule has 23 heavy (non-hydrogen) atoms. The minimum Gasteiger partial charge on any atom is -0.303 e. The molecule has 0 heterocycles. The second-order valence-electron chi connectivity index (χ2n) is 5.50. The molecule has 6 nitrogen and oxygen atoms in total. The average Bonchev–Trinajstić information content (AvgIpc) is 2.51. The lowest BCUT2D eigenvalue weighted by atomic mass is 9.87. The van der Waals surface area contributed by atoms with Crippen molar-refractivity contribution in [2.75, 3.05) is 14.1 Å². The number of nitrogens with zero attached hydrogens (tertiary/aromatic N) is 3. The summed E-state index contributed by atoms with van der Waals surface area (Å²) in [6.45, 7) is 0. The Balaban J connectivity index is 2.18. The van der Waals surface area contributed by atoms with E-state index in [-0.39, 0.29) is 11.5 Å². The van der Waals surface area contributed by atoms with E-state index in [1.165, 1.54) is 12.1 Å². The Bertz CT molecular complexity index is 686. The number of non-ortho nitro benzene ring substituents is 1. The van der Waals surface area contributed by atoms with Gasteiger partial charge in [0.1, 0.15) is 0 Å². The highest BCUT2D eigenvalue weighted by Crippen LogP contribution is 2.26. The van der Waals surface area contributed by atoms with Crippen LogP contribution in [-0.4, -0.2) is 36.0 Å². The standard InChI is InChI=1S/C17H19N3O3/c1-19(2)18-11-10-14-4-3-5-15(17(14)21)12-13-6-8-16(9-7-13)20(22)23/h6-12H,3-5H2,1-2H3/b14-10-,15-12-,18-11+. The van der Waals surface area contributed by atoms with Gasteiger partial charge in [0.05, 0.1) is 4.92 Å². The molecule has 6 heteroatoms. The summed E-state index contributed by atoms with van der Waals surface area (Å²) >= 11 is 0. The molecular formula is C17H19N3O3. The zero-order valence-electron chi connectivity index (χ0n) is 13.2. The third-order valence-electron chi connectivity index (χ3n) is 3.49. The SMILES string of the molecule is CN(C)/N=C/C=C1/CCC/C(=C/c2ccc([N+](=O)[O-])cc2)C1=O. The topological polar surface area (TPSA) is 75.8 Å². The second-order valence-corrected chi connectivity index (χ2v) is 5.50. The summed E-state index contributed by atoms with van der Waals surface area (Å²) in [4.78, 5) is 22.7. The van der Waals surface area contributed by atoms with Gasteiger partial charge in [-0.1, -0.05) is 0 Å². The molecule has 0 atom stereocenters. The highest BCUT2D eigenvalue weighted by atomic mass is 16.6. The fraction of sp³-hybridized carbons (Fsp3) is 0.294. The van der Waals surface area contributed by atoms with E-state index in [1.54, 1.807) is 29.4 Å². The highest BCUT2D eigenvalue weighted by Gasteiger charge is 2.20. The van der Waals surface area contributed by atoms with Gasteiger partial charge in [-0.15, -0.1) is 0 Å². The number of benzene rings is 1. The Morgan fingerprint density at radius 3 is 2.43 bits per heavy atom. The average molecular weight is 313 g/mol. The van der Waals surface area contributed by atoms with Gasteiger partial charge in [0.15, 0.2) is 5.78 Å². The van der Waals surface area contributed by atoms with E-state index in [0.29, 0.717) is 0 Å². The van der Waals surface area contributed by atoms with Crippen LogP contribution in [0.25, 0.3) is 6.08 Å². The van der Waals surface area contributed by atoms with Crippen LogP contribution in [0.15, 0.2) is 46.6 Å². The van der Waals surface area contributed by atoms with Crippen LogP contribution in [0.4, 0.5) is 5.69 Å². The van der Waals surface area contributed by atoms with Crippen LogP contribution in [0.2, 0.25) is 0 Å². The van der Waals surface area contributed by atoms with Crippen molar-refractivity contribution in [3.05, 3.63) is 57.2 Å². The molecule has 0 aliphatic heterocycles. The smallest absolute Gasteiger partial charge is 0.269 e. The van der Waals surface area contributed by atoms with Crippen molar-refractivity contribution in [1.29, 1.82) is 0 Å². The first-order chi connectivity index (χ1) is 11.0. The number of carbonyl (C=O) groups excluding carboxylic acids is 1. The normalized spacial score (nSPS) is 18.8. The van der Waals surface area contributed by atoms with Crippen LogP contribution in [0.5, 0.6) is 0 Å². The first-order valence-electron chi connectivity index (χ1n) is 7.37. The number of hydrazone groups is 1. The molecule has 1 aromatic carbocycles. The predicted octanol–water partition coefficient (Wildman–Crippen LogP) is 3.21. The maximum absolute atomic E-state index is 12.5. The number of rotatable bonds is 4. The lowest BCUT2D eigenvalue weighted by molar-refractivity contribution is -0.384. The number of nitro benzene ring substituents is 1. The summed E-state index contributed by atoms with van der Waals surface area (Å²) in [7, 11) is 3.63. The fourth-order valence-electron chi connectivity index (χ4n) is 2.35. The Kier molecular flexibility index (Phi) is 5.41. The molecule has 0 aromatic heterocycles. The molecule has 0 amide bonds. The van der Waals surface area contributed by atoms with Crippen molar-refractivity contribution >= 4 is 23.8 Å². The minimum absolute atomic E-state index is 0.0276. The van der Waals surface area contributed by atoms with Crippen LogP contribution in [0.3, 0.4) is 0 Å². The summed E-state index contributed by atoms with van der Waals surface area (Å²) in [6, 6.07) is 6.20. The van der Waals surface area contributed by atoms with Crippen LogP contribution in [-0.2, 0) is 4.79 Å². The number of allylic oxidation sites excluding steroid dienone is 3. The largest absolute Gasteiger partial charge is 0.303 e. The van der Waals surface area contributed by atoms with E-state index in [1.807, 2.05) is 20.2 Å². The summed E-state index contributed by atoms with van der Waals surface area (Å²) in [5.74, 6) is 0.0276. The van der Waals surface area contributed by atoms with Gasteiger partial charge in [-0.2, -0.15) is 5.10 Å². The molecule has 1 saturated carbocycles. The molecule has 0 spiro atoms. The van der Waals surface area contributed by atoms with Crippen molar-refractivity contribution in [1.82, 2.24) is 5.01 Å². The van der Waals surface area contributed by atoms with Crippen LogP contribution >= 0.6 is 0 Å². The summed E-state index contributed by atoms with van der Waals surface area (Å²) in [6.07, 6.45) is 7.56. The van der Waals surface area contributed by atoms with Gasteiger partial charge >= 0.3 is 0 Å². The molecule has 0 saturated heterocycles. The van der Waals surface area contributed by atoms with E-state index in [2.05, 4.69) is 5.10 Å². The Labute approximate surface area is 135 Å². The van der Waals surface area contributed by atoms with E-state index in [0.717, 1.165) is 36.0 Å².